The van der Waals surface area contributed by atoms with Gasteiger partial charge in [-0.3, -0.25) is 18.8 Å². The molecule has 0 atom stereocenters. The summed E-state index contributed by atoms with van der Waals surface area (Å²) in [5, 5.41) is 0. The minimum Gasteiger partial charge on any atom is -0.301 e. The summed E-state index contributed by atoms with van der Waals surface area (Å²) in [5.74, 6) is 0. The van der Waals surface area contributed by atoms with Crippen LogP contribution in [-0.2, 0) is 32.2 Å². The fraction of sp³-hybridized carbons (Fsp3) is 0.484. The smallest absolute Gasteiger partial charge is 0.301 e. The van der Waals surface area contributed by atoms with E-state index in [9.17, 15) is 22.8 Å². The molecule has 2 aromatic carbocycles. The van der Waals surface area contributed by atoms with E-state index in [1.165, 1.54) is 16.7 Å². The molecule has 9 heteroatoms. The van der Waals surface area contributed by atoms with E-state index in [2.05, 4.69) is 9.80 Å². The Kier molecular flexibility index (Phi) is 8.61. The fourth-order valence-electron chi connectivity index (χ4n) is 5.88. The lowest BCUT2D eigenvalue weighted by Gasteiger charge is -2.34. The Balaban J connectivity index is 1.17. The maximum Gasteiger partial charge on any atom is 0.416 e. The zero-order valence-corrected chi connectivity index (χ0v) is 23.1. The Morgan fingerprint density at radius 3 is 2.25 bits per heavy atom. The number of nitrogens with zero attached hydrogens (tertiary/aromatic N) is 4. The first kappa shape index (κ1) is 28.4. The zero-order chi connectivity index (χ0) is 28.3. The second-order valence-corrected chi connectivity index (χ2v) is 11.1. The van der Waals surface area contributed by atoms with Crippen LogP contribution in [0.5, 0.6) is 0 Å². The first-order valence-corrected chi connectivity index (χ1v) is 14.2. The fourth-order valence-corrected chi connectivity index (χ4v) is 5.88. The summed E-state index contributed by atoms with van der Waals surface area (Å²) in [4.78, 5) is 31.4. The van der Waals surface area contributed by atoms with Gasteiger partial charge in [-0.2, -0.15) is 13.2 Å². The van der Waals surface area contributed by atoms with Gasteiger partial charge in [0.1, 0.15) is 0 Å². The van der Waals surface area contributed by atoms with Gasteiger partial charge in [-0.15, -0.1) is 0 Å². The molecule has 0 N–H and O–H groups in total. The Morgan fingerprint density at radius 2 is 1.52 bits per heavy atom. The maximum absolute atomic E-state index is 13.6. The molecule has 1 saturated heterocycles. The van der Waals surface area contributed by atoms with Crippen LogP contribution in [0.2, 0.25) is 0 Å². The predicted molar refractivity (Wildman–Crippen MR) is 150 cm³/mol. The molecule has 40 heavy (non-hydrogen) atoms. The van der Waals surface area contributed by atoms with Crippen LogP contribution in [-0.4, -0.2) is 51.7 Å². The SMILES string of the molecule is Cc1ccc(-c2c3n(c(=O)n(CCCCN4CCN(Cc5cccc(C(F)(F)F)c5)CC4)c2=O)CCCC3)cc1. The molecule has 6 nitrogen and oxygen atoms in total. The minimum absolute atomic E-state index is 0.190. The Morgan fingerprint density at radius 1 is 0.825 bits per heavy atom. The molecule has 0 spiro atoms. The molecular weight excluding hydrogens is 517 g/mol. The van der Waals surface area contributed by atoms with Crippen LogP contribution in [0.25, 0.3) is 11.1 Å². The third kappa shape index (κ3) is 6.41. The first-order chi connectivity index (χ1) is 19.2. The highest BCUT2D eigenvalue weighted by Gasteiger charge is 2.30. The molecule has 5 rings (SSSR count). The second kappa shape index (κ2) is 12.1. The Bertz CT molecular complexity index is 1430. The molecular formula is C31H37F3N4O2. The number of unbranched alkanes of at least 4 members (excludes halogenated alkanes) is 1. The van der Waals surface area contributed by atoms with Crippen molar-refractivity contribution in [1.82, 2.24) is 18.9 Å². The molecule has 2 aliphatic heterocycles. The van der Waals surface area contributed by atoms with Gasteiger partial charge in [0, 0.05) is 51.5 Å². The van der Waals surface area contributed by atoms with Crippen molar-refractivity contribution in [2.75, 3.05) is 32.7 Å². The molecule has 3 heterocycles. The average Bonchev–Trinajstić information content (AvgIpc) is 2.94. The summed E-state index contributed by atoms with van der Waals surface area (Å²) in [5.41, 5.74) is 3.22. The number of hydrogen-bond acceptors (Lipinski definition) is 4. The lowest BCUT2D eigenvalue weighted by atomic mass is 9.98. The first-order valence-electron chi connectivity index (χ1n) is 14.2. The van der Waals surface area contributed by atoms with E-state index in [1.807, 2.05) is 35.8 Å². The molecule has 0 aliphatic carbocycles. The third-order valence-electron chi connectivity index (χ3n) is 8.15. The highest BCUT2D eigenvalue weighted by Crippen LogP contribution is 2.30. The minimum atomic E-state index is -4.33. The number of alkyl halides is 3. The summed E-state index contributed by atoms with van der Waals surface area (Å²) in [7, 11) is 0. The third-order valence-corrected chi connectivity index (χ3v) is 8.15. The summed E-state index contributed by atoms with van der Waals surface area (Å²) >= 11 is 0. The number of aryl methyl sites for hydroxylation is 1. The molecule has 214 valence electrons. The monoisotopic (exact) mass is 554 g/mol. The van der Waals surface area contributed by atoms with Crippen molar-refractivity contribution < 1.29 is 13.2 Å². The highest BCUT2D eigenvalue weighted by atomic mass is 19.4. The molecule has 2 aliphatic rings. The molecule has 1 fully saturated rings. The van der Waals surface area contributed by atoms with E-state index in [-0.39, 0.29) is 11.2 Å². The number of piperazine rings is 1. The molecule has 0 amide bonds. The van der Waals surface area contributed by atoms with Crippen molar-refractivity contribution in [3.63, 3.8) is 0 Å². The van der Waals surface area contributed by atoms with Crippen molar-refractivity contribution in [2.45, 2.75) is 64.8 Å². The van der Waals surface area contributed by atoms with Crippen molar-refractivity contribution in [1.29, 1.82) is 0 Å². The average molecular weight is 555 g/mol. The van der Waals surface area contributed by atoms with E-state index in [4.69, 9.17) is 0 Å². The van der Waals surface area contributed by atoms with E-state index in [1.54, 1.807) is 6.07 Å². The van der Waals surface area contributed by atoms with Gasteiger partial charge in [0.05, 0.1) is 11.1 Å². The summed E-state index contributed by atoms with van der Waals surface area (Å²) in [6, 6.07) is 13.5. The van der Waals surface area contributed by atoms with Crippen LogP contribution >= 0.6 is 0 Å². The van der Waals surface area contributed by atoms with E-state index in [0.29, 0.717) is 30.8 Å². The molecule has 0 radical (unpaired) electrons. The normalized spacial score (nSPS) is 16.7. The van der Waals surface area contributed by atoms with Crippen LogP contribution in [0.4, 0.5) is 13.2 Å². The lowest BCUT2D eigenvalue weighted by Crippen LogP contribution is -2.46. The standard InChI is InChI=1S/C31H37F3N4O2/c1-23-10-12-25(13-11-23)28-27-9-2-3-15-37(27)30(40)38(29(28)39)16-5-4-14-35-17-19-36(20-18-35)22-24-7-6-8-26(21-24)31(32,33)34/h6-8,10-13,21H,2-5,9,14-20,22H2,1H3. The van der Waals surface area contributed by atoms with Gasteiger partial charge in [-0.25, -0.2) is 4.79 Å². The quantitative estimate of drug-likeness (QED) is 0.371. The van der Waals surface area contributed by atoms with E-state index < -0.39 is 11.7 Å². The van der Waals surface area contributed by atoms with Crippen molar-refractivity contribution in [3.05, 3.63) is 91.8 Å². The lowest BCUT2D eigenvalue weighted by molar-refractivity contribution is -0.137. The van der Waals surface area contributed by atoms with Crippen LogP contribution in [0.3, 0.4) is 0 Å². The van der Waals surface area contributed by atoms with Gasteiger partial charge in [0.25, 0.3) is 5.56 Å². The predicted octanol–water partition coefficient (Wildman–Crippen LogP) is 4.94. The van der Waals surface area contributed by atoms with Gasteiger partial charge in [-0.05, 0) is 62.8 Å². The summed E-state index contributed by atoms with van der Waals surface area (Å²) < 4.78 is 42.3. The van der Waals surface area contributed by atoms with Gasteiger partial charge < -0.3 is 4.90 Å². The van der Waals surface area contributed by atoms with E-state index >= 15 is 0 Å². The second-order valence-electron chi connectivity index (χ2n) is 11.1. The van der Waals surface area contributed by atoms with Crippen LogP contribution in [0.1, 0.15) is 48.1 Å². The van der Waals surface area contributed by atoms with Gasteiger partial charge in [-0.1, -0.05) is 48.0 Å². The molecule has 0 bridgehead atoms. The van der Waals surface area contributed by atoms with E-state index in [0.717, 1.165) is 87.7 Å². The van der Waals surface area contributed by atoms with Gasteiger partial charge in [0.15, 0.2) is 0 Å². The summed E-state index contributed by atoms with van der Waals surface area (Å²) in [6.07, 6.45) is -0.0679. The van der Waals surface area contributed by atoms with Crippen LogP contribution in [0.15, 0.2) is 58.1 Å². The number of benzene rings is 2. The number of rotatable bonds is 8. The zero-order valence-electron chi connectivity index (χ0n) is 23.1. The van der Waals surface area contributed by atoms with Crippen molar-refractivity contribution in [3.8, 4) is 11.1 Å². The number of halogens is 3. The Hall–Kier alpha value is -3.17. The largest absolute Gasteiger partial charge is 0.416 e. The van der Waals surface area contributed by atoms with Crippen molar-refractivity contribution >= 4 is 0 Å². The van der Waals surface area contributed by atoms with Crippen LogP contribution in [0, 0.1) is 6.92 Å². The van der Waals surface area contributed by atoms with Crippen LogP contribution < -0.4 is 11.2 Å². The molecule has 0 unspecified atom stereocenters. The Labute approximate surface area is 232 Å². The van der Waals surface area contributed by atoms with Crippen molar-refractivity contribution in [2.24, 2.45) is 0 Å². The number of hydrogen-bond donors (Lipinski definition) is 0. The molecule has 1 aromatic heterocycles. The van der Waals surface area contributed by atoms with Gasteiger partial charge >= 0.3 is 11.9 Å². The maximum atomic E-state index is 13.6. The summed E-state index contributed by atoms with van der Waals surface area (Å²) in [6.45, 7) is 7.71. The topological polar surface area (TPSA) is 50.5 Å². The number of aromatic nitrogens is 2. The molecule has 3 aromatic rings. The number of fused-ring (bicyclic) bond motifs is 1. The van der Waals surface area contributed by atoms with Gasteiger partial charge in [0.2, 0.25) is 0 Å². The highest BCUT2D eigenvalue weighted by molar-refractivity contribution is 5.65. The molecule has 0 saturated carbocycles.